The van der Waals surface area contributed by atoms with Crippen molar-refractivity contribution in [3.63, 3.8) is 0 Å². The Hall–Kier alpha value is 0.110. The average molecular weight is 187 g/mol. The minimum absolute atomic E-state index is 0.404. The van der Waals surface area contributed by atoms with Gasteiger partial charge in [-0.1, -0.05) is 6.92 Å². The quantitative estimate of drug-likeness (QED) is 0.660. The van der Waals surface area contributed by atoms with Gasteiger partial charge in [0.15, 0.2) is 0 Å². The third-order valence-corrected chi connectivity index (χ3v) is 4.76. The summed E-state index contributed by atoms with van der Waals surface area (Å²) >= 11 is 0. The molecule has 0 bridgehead atoms. The summed E-state index contributed by atoms with van der Waals surface area (Å²) in [7, 11) is -0.575. The van der Waals surface area contributed by atoms with E-state index in [4.69, 9.17) is 0 Å². The van der Waals surface area contributed by atoms with E-state index >= 15 is 0 Å². The summed E-state index contributed by atoms with van der Waals surface area (Å²) in [6, 6.07) is 0.566. The molecule has 0 amide bonds. The Kier molecular flexibility index (Phi) is 2.51. The molecule has 0 aromatic rings. The highest BCUT2D eigenvalue weighted by Gasteiger charge is 2.34. The van der Waals surface area contributed by atoms with E-state index in [1.54, 1.807) is 0 Å². The van der Waals surface area contributed by atoms with E-state index in [9.17, 15) is 4.21 Å². The summed E-state index contributed by atoms with van der Waals surface area (Å²) in [4.78, 5) is 0. The summed E-state index contributed by atoms with van der Waals surface area (Å²) in [6.45, 7) is 3.17. The molecule has 2 nitrogen and oxygen atoms in total. The normalized spacial score (nSPS) is 43.9. The average Bonchev–Trinajstić information content (AvgIpc) is 2.82. The molecule has 2 aliphatic rings. The van der Waals surface area contributed by atoms with Crippen LogP contribution in [0.25, 0.3) is 0 Å². The van der Waals surface area contributed by atoms with E-state index in [1.807, 2.05) is 0 Å². The van der Waals surface area contributed by atoms with Gasteiger partial charge in [0.05, 0.1) is 0 Å². The smallest absolute Gasteiger partial charge is 0.0394 e. The lowest BCUT2D eigenvalue weighted by atomic mass is 10.2. The van der Waals surface area contributed by atoms with Crippen molar-refractivity contribution >= 4 is 10.8 Å². The summed E-state index contributed by atoms with van der Waals surface area (Å²) in [5.74, 6) is 1.74. The lowest BCUT2D eigenvalue weighted by Gasteiger charge is -2.13. The first kappa shape index (κ1) is 8.70. The standard InChI is InChI=1S/C9H17NOS/c1-7-4-5-10-9(6-12(7)11)8-2-3-8/h7-10H,2-6H2,1H3. The third-order valence-electron chi connectivity index (χ3n) is 2.94. The van der Waals surface area contributed by atoms with E-state index in [1.165, 1.54) is 12.8 Å². The highest BCUT2D eigenvalue weighted by Crippen LogP contribution is 2.33. The van der Waals surface area contributed by atoms with E-state index in [0.29, 0.717) is 11.3 Å². The molecule has 70 valence electrons. The summed E-state index contributed by atoms with van der Waals surface area (Å²) < 4.78 is 11.6. The molecule has 0 aromatic carbocycles. The second-order valence-electron chi connectivity index (χ2n) is 4.04. The minimum Gasteiger partial charge on any atom is -0.313 e. The van der Waals surface area contributed by atoms with Gasteiger partial charge in [0.1, 0.15) is 0 Å². The van der Waals surface area contributed by atoms with E-state index < -0.39 is 10.8 Å². The first-order chi connectivity index (χ1) is 5.77. The molecule has 3 unspecified atom stereocenters. The van der Waals surface area contributed by atoms with Crippen LogP contribution in [0.2, 0.25) is 0 Å². The topological polar surface area (TPSA) is 29.1 Å². The first-order valence-corrected chi connectivity index (χ1v) is 6.26. The minimum atomic E-state index is -0.575. The van der Waals surface area contributed by atoms with E-state index in [-0.39, 0.29) is 0 Å². The van der Waals surface area contributed by atoms with Crippen LogP contribution in [0, 0.1) is 5.92 Å². The molecule has 0 spiro atoms. The van der Waals surface area contributed by atoms with Crippen LogP contribution in [0.15, 0.2) is 0 Å². The predicted molar refractivity (Wildman–Crippen MR) is 51.6 cm³/mol. The molecule has 1 saturated carbocycles. The Labute approximate surface area is 76.6 Å². The molecule has 2 rings (SSSR count). The van der Waals surface area contributed by atoms with Crippen molar-refractivity contribution in [3.05, 3.63) is 0 Å². The second kappa shape index (κ2) is 3.46. The summed E-state index contributed by atoms with van der Waals surface area (Å²) in [6.07, 6.45) is 3.78. The molecule has 1 N–H and O–H groups in total. The SMILES string of the molecule is CC1CCNC(C2CC2)CS1=O. The van der Waals surface area contributed by atoms with Crippen LogP contribution in [0.1, 0.15) is 26.2 Å². The van der Waals surface area contributed by atoms with Crippen molar-refractivity contribution in [3.8, 4) is 0 Å². The Morgan fingerprint density at radius 2 is 2.08 bits per heavy atom. The largest absolute Gasteiger partial charge is 0.313 e. The summed E-state index contributed by atoms with van der Waals surface area (Å²) in [5, 5.41) is 3.92. The van der Waals surface area contributed by atoms with E-state index in [2.05, 4.69) is 12.2 Å². The zero-order valence-corrected chi connectivity index (χ0v) is 8.40. The van der Waals surface area contributed by atoms with Gasteiger partial charge in [0, 0.05) is 27.8 Å². The monoisotopic (exact) mass is 187 g/mol. The number of rotatable bonds is 1. The fourth-order valence-electron chi connectivity index (χ4n) is 1.80. The number of hydrogen-bond donors (Lipinski definition) is 1. The van der Waals surface area contributed by atoms with Crippen molar-refractivity contribution in [2.45, 2.75) is 37.5 Å². The van der Waals surface area contributed by atoms with Gasteiger partial charge in [-0.05, 0) is 31.7 Å². The lowest BCUT2D eigenvalue weighted by molar-refractivity contribution is 0.506. The van der Waals surface area contributed by atoms with Crippen LogP contribution in [-0.2, 0) is 10.8 Å². The fraction of sp³-hybridized carbons (Fsp3) is 1.00. The van der Waals surface area contributed by atoms with Gasteiger partial charge in [-0.15, -0.1) is 0 Å². The van der Waals surface area contributed by atoms with Crippen LogP contribution in [0.5, 0.6) is 0 Å². The molecular formula is C9H17NOS. The van der Waals surface area contributed by atoms with Crippen LogP contribution in [0.3, 0.4) is 0 Å². The van der Waals surface area contributed by atoms with Gasteiger partial charge in [0.2, 0.25) is 0 Å². The Morgan fingerprint density at radius 3 is 2.75 bits per heavy atom. The van der Waals surface area contributed by atoms with Gasteiger partial charge in [0.25, 0.3) is 0 Å². The number of nitrogens with one attached hydrogen (secondary N) is 1. The first-order valence-electron chi connectivity index (χ1n) is 4.88. The van der Waals surface area contributed by atoms with Crippen LogP contribution >= 0.6 is 0 Å². The molecule has 2 fully saturated rings. The molecule has 1 saturated heterocycles. The van der Waals surface area contributed by atoms with Crippen LogP contribution < -0.4 is 5.32 Å². The Balaban J connectivity index is 1.95. The molecule has 3 heteroatoms. The van der Waals surface area contributed by atoms with Crippen molar-refractivity contribution in [2.24, 2.45) is 5.92 Å². The van der Waals surface area contributed by atoms with Crippen LogP contribution in [0.4, 0.5) is 0 Å². The highest BCUT2D eigenvalue weighted by molar-refractivity contribution is 7.85. The van der Waals surface area contributed by atoms with Gasteiger partial charge in [-0.3, -0.25) is 4.21 Å². The van der Waals surface area contributed by atoms with Crippen molar-refractivity contribution in [2.75, 3.05) is 12.3 Å². The summed E-state index contributed by atoms with van der Waals surface area (Å²) in [5.41, 5.74) is 0. The van der Waals surface area contributed by atoms with Crippen molar-refractivity contribution in [1.29, 1.82) is 0 Å². The van der Waals surface area contributed by atoms with Gasteiger partial charge < -0.3 is 5.32 Å². The second-order valence-corrected chi connectivity index (χ2v) is 5.94. The Morgan fingerprint density at radius 1 is 1.33 bits per heavy atom. The maximum Gasteiger partial charge on any atom is 0.0394 e. The van der Waals surface area contributed by atoms with Crippen molar-refractivity contribution in [1.82, 2.24) is 5.32 Å². The van der Waals surface area contributed by atoms with E-state index in [0.717, 1.165) is 24.6 Å². The molecule has 3 atom stereocenters. The zero-order valence-electron chi connectivity index (χ0n) is 7.58. The Bertz CT molecular complexity index is 191. The fourth-order valence-corrected chi connectivity index (χ4v) is 3.26. The molecule has 0 radical (unpaired) electrons. The van der Waals surface area contributed by atoms with Crippen molar-refractivity contribution < 1.29 is 4.21 Å². The maximum absolute atomic E-state index is 11.6. The van der Waals surface area contributed by atoms with Crippen LogP contribution in [-0.4, -0.2) is 27.8 Å². The zero-order chi connectivity index (χ0) is 8.55. The molecule has 0 aromatic heterocycles. The molecule has 1 heterocycles. The van der Waals surface area contributed by atoms with Gasteiger partial charge in [-0.2, -0.15) is 0 Å². The number of hydrogen-bond acceptors (Lipinski definition) is 2. The molecule has 12 heavy (non-hydrogen) atoms. The maximum atomic E-state index is 11.6. The predicted octanol–water partition coefficient (Wildman–Crippen LogP) is 0.896. The molecule has 1 aliphatic heterocycles. The molecule has 1 aliphatic carbocycles. The van der Waals surface area contributed by atoms with Gasteiger partial charge in [-0.25, -0.2) is 0 Å². The third kappa shape index (κ3) is 1.88. The molecular weight excluding hydrogens is 170 g/mol. The highest BCUT2D eigenvalue weighted by atomic mass is 32.2. The van der Waals surface area contributed by atoms with Gasteiger partial charge >= 0.3 is 0 Å². The lowest BCUT2D eigenvalue weighted by Crippen LogP contribution is -2.34.